The molecule has 28 heavy (non-hydrogen) atoms. The third-order valence-electron chi connectivity index (χ3n) is 3.83. The molecule has 0 saturated heterocycles. The first kappa shape index (κ1) is 19.0. The lowest BCUT2D eigenvalue weighted by atomic mass is 10.1. The number of amides is 1. The van der Waals surface area contributed by atoms with Crippen molar-refractivity contribution in [1.82, 2.24) is 5.43 Å². The molecule has 3 rings (SSSR count). The number of aliphatic hydroxyl groups excluding tert-OH is 1. The number of carbonyl (C=O) groups excluding carboxylic acids is 2. The minimum atomic E-state index is -1.31. The highest BCUT2D eigenvalue weighted by atomic mass is 16.5. The first-order valence-electron chi connectivity index (χ1n) is 8.57. The molecule has 0 spiro atoms. The van der Waals surface area contributed by atoms with E-state index in [0.717, 1.165) is 0 Å². The Hall–Kier alpha value is -3.77. The molecule has 140 valence electrons. The fourth-order valence-electron chi connectivity index (χ4n) is 2.42. The topological polar surface area (TPSA) is 88.0 Å². The van der Waals surface area contributed by atoms with E-state index in [0.29, 0.717) is 22.4 Å². The smallest absolute Gasteiger partial charge is 0.343 e. The van der Waals surface area contributed by atoms with Crippen LogP contribution in [0, 0.1) is 0 Å². The maximum Gasteiger partial charge on any atom is 0.343 e. The number of benzene rings is 3. The van der Waals surface area contributed by atoms with E-state index in [9.17, 15) is 14.7 Å². The van der Waals surface area contributed by atoms with E-state index >= 15 is 0 Å². The number of nitrogens with zero attached hydrogens (tertiary/aromatic N) is 1. The lowest BCUT2D eigenvalue weighted by molar-refractivity contribution is -0.129. The van der Waals surface area contributed by atoms with Gasteiger partial charge in [0.2, 0.25) is 0 Å². The minimum Gasteiger partial charge on any atom is -0.423 e. The van der Waals surface area contributed by atoms with Gasteiger partial charge in [-0.15, -0.1) is 0 Å². The van der Waals surface area contributed by atoms with Crippen LogP contribution in [0.15, 0.2) is 90.0 Å². The van der Waals surface area contributed by atoms with E-state index < -0.39 is 18.0 Å². The average Bonchev–Trinajstić information content (AvgIpc) is 2.74. The van der Waals surface area contributed by atoms with E-state index in [2.05, 4.69) is 10.5 Å². The first-order valence-corrected chi connectivity index (χ1v) is 8.57. The maximum absolute atomic E-state index is 12.1. The molecule has 6 heteroatoms. The summed E-state index contributed by atoms with van der Waals surface area (Å²) < 4.78 is 5.34. The van der Waals surface area contributed by atoms with Crippen LogP contribution < -0.4 is 10.2 Å². The Morgan fingerprint density at radius 1 is 0.929 bits per heavy atom. The molecule has 3 aromatic carbocycles. The quantitative estimate of drug-likeness (QED) is 0.300. The predicted molar refractivity (Wildman–Crippen MR) is 105 cm³/mol. The third kappa shape index (κ3) is 5.12. The van der Waals surface area contributed by atoms with Crippen LogP contribution in [0.5, 0.6) is 5.75 Å². The van der Waals surface area contributed by atoms with E-state index in [-0.39, 0.29) is 0 Å². The van der Waals surface area contributed by atoms with Crippen molar-refractivity contribution >= 4 is 18.1 Å². The number of rotatable bonds is 6. The maximum atomic E-state index is 12.1. The van der Waals surface area contributed by atoms with Gasteiger partial charge in [-0.2, -0.15) is 5.10 Å². The Morgan fingerprint density at radius 3 is 2.32 bits per heavy atom. The molecule has 1 atom stereocenters. The second kappa shape index (κ2) is 9.25. The zero-order chi connectivity index (χ0) is 19.8. The Labute approximate surface area is 162 Å². The van der Waals surface area contributed by atoms with Gasteiger partial charge in [-0.1, -0.05) is 60.7 Å². The second-order valence-electron chi connectivity index (χ2n) is 5.88. The van der Waals surface area contributed by atoms with Crippen LogP contribution in [0.25, 0.3) is 0 Å². The number of esters is 1. The van der Waals surface area contributed by atoms with Crippen LogP contribution in [0.2, 0.25) is 0 Å². The van der Waals surface area contributed by atoms with Crippen LogP contribution in [0.4, 0.5) is 0 Å². The van der Waals surface area contributed by atoms with E-state index in [4.69, 9.17) is 4.74 Å². The van der Waals surface area contributed by atoms with E-state index in [1.165, 1.54) is 6.21 Å². The highest BCUT2D eigenvalue weighted by Gasteiger charge is 2.16. The number of carbonyl (C=O) groups is 2. The van der Waals surface area contributed by atoms with Gasteiger partial charge < -0.3 is 9.84 Å². The van der Waals surface area contributed by atoms with Gasteiger partial charge in [0, 0.05) is 0 Å². The molecule has 6 nitrogen and oxygen atoms in total. The molecule has 1 amide bonds. The van der Waals surface area contributed by atoms with Gasteiger partial charge in [0.15, 0.2) is 6.10 Å². The summed E-state index contributed by atoms with van der Waals surface area (Å²) in [5.41, 5.74) is 3.83. The van der Waals surface area contributed by atoms with Crippen LogP contribution in [-0.2, 0) is 4.79 Å². The third-order valence-corrected chi connectivity index (χ3v) is 3.83. The normalized spacial score (nSPS) is 11.8. The highest BCUT2D eigenvalue weighted by molar-refractivity contribution is 5.91. The van der Waals surface area contributed by atoms with Gasteiger partial charge in [-0.25, -0.2) is 10.2 Å². The highest BCUT2D eigenvalue weighted by Crippen LogP contribution is 2.15. The van der Waals surface area contributed by atoms with Crippen molar-refractivity contribution < 1.29 is 19.4 Å². The molecule has 0 aliphatic carbocycles. The summed E-state index contributed by atoms with van der Waals surface area (Å²) in [6, 6.07) is 23.9. The molecule has 2 N–H and O–H groups in total. The number of nitrogens with one attached hydrogen (secondary N) is 1. The van der Waals surface area contributed by atoms with Gasteiger partial charge in [0.05, 0.1) is 11.8 Å². The largest absolute Gasteiger partial charge is 0.423 e. The summed E-state index contributed by atoms with van der Waals surface area (Å²) in [6.07, 6.45) is 0.0895. The fraction of sp³-hybridized carbons (Fsp3) is 0.0455. The zero-order valence-electron chi connectivity index (χ0n) is 14.9. The van der Waals surface area contributed by atoms with E-state index in [1.807, 2.05) is 6.07 Å². The van der Waals surface area contributed by atoms with Gasteiger partial charge in [0.25, 0.3) is 5.91 Å². The van der Waals surface area contributed by atoms with Crippen LogP contribution in [0.1, 0.15) is 27.6 Å². The molecule has 0 aliphatic heterocycles. The molecule has 0 heterocycles. The van der Waals surface area contributed by atoms with Gasteiger partial charge in [-0.05, 0) is 35.4 Å². The monoisotopic (exact) mass is 374 g/mol. The lowest BCUT2D eigenvalue weighted by Gasteiger charge is -2.08. The zero-order valence-corrected chi connectivity index (χ0v) is 14.9. The number of ether oxygens (including phenoxy) is 1. The lowest BCUT2D eigenvalue weighted by Crippen LogP contribution is -2.25. The number of aliphatic hydroxyl groups is 1. The standard InChI is InChI=1S/C22H18N2O4/c25-20(17-9-3-1-4-10-17)21(26)24-23-15-16-8-7-13-19(14-16)28-22(27)18-11-5-2-6-12-18/h1-15,20,25H,(H,24,26). The van der Waals surface area contributed by atoms with Crippen molar-refractivity contribution in [3.8, 4) is 5.75 Å². The average molecular weight is 374 g/mol. The summed E-state index contributed by atoms with van der Waals surface area (Å²) in [4.78, 5) is 24.1. The van der Waals surface area contributed by atoms with Crippen LogP contribution in [-0.4, -0.2) is 23.2 Å². The van der Waals surface area contributed by atoms with E-state index in [1.54, 1.807) is 78.9 Å². The predicted octanol–water partition coefficient (Wildman–Crippen LogP) is 3.09. The number of hydrazone groups is 1. The summed E-state index contributed by atoms with van der Waals surface area (Å²) in [6.45, 7) is 0. The van der Waals surface area contributed by atoms with Crippen molar-refractivity contribution in [1.29, 1.82) is 0 Å². The van der Waals surface area contributed by atoms with Gasteiger partial charge in [-0.3, -0.25) is 4.79 Å². The Bertz CT molecular complexity index is 972. The summed E-state index contributed by atoms with van der Waals surface area (Å²) in [7, 11) is 0. The molecule has 0 bridgehead atoms. The molecular formula is C22H18N2O4. The van der Waals surface area contributed by atoms with Gasteiger partial charge >= 0.3 is 5.97 Å². The van der Waals surface area contributed by atoms with Crippen molar-refractivity contribution in [3.63, 3.8) is 0 Å². The molecular weight excluding hydrogens is 356 g/mol. The Kier molecular flexibility index (Phi) is 6.28. The molecule has 0 aliphatic rings. The Morgan fingerprint density at radius 2 is 1.61 bits per heavy atom. The fourth-order valence-corrected chi connectivity index (χ4v) is 2.42. The minimum absolute atomic E-state index is 0.355. The number of hydrogen-bond donors (Lipinski definition) is 2. The van der Waals surface area contributed by atoms with Crippen molar-refractivity contribution in [2.45, 2.75) is 6.10 Å². The number of hydrogen-bond acceptors (Lipinski definition) is 5. The molecule has 0 saturated carbocycles. The molecule has 3 aromatic rings. The van der Waals surface area contributed by atoms with Crippen molar-refractivity contribution in [2.75, 3.05) is 0 Å². The molecule has 1 unspecified atom stereocenters. The summed E-state index contributed by atoms with van der Waals surface area (Å²) in [5.74, 6) is -0.753. The van der Waals surface area contributed by atoms with Crippen molar-refractivity contribution in [3.05, 3.63) is 102 Å². The SMILES string of the molecule is O=C(Oc1cccc(C=NNC(=O)C(O)c2ccccc2)c1)c1ccccc1. The molecule has 0 aromatic heterocycles. The van der Waals surface area contributed by atoms with Crippen molar-refractivity contribution in [2.24, 2.45) is 5.10 Å². The second-order valence-corrected chi connectivity index (χ2v) is 5.88. The van der Waals surface area contributed by atoms with Crippen LogP contribution >= 0.6 is 0 Å². The summed E-state index contributed by atoms with van der Waals surface area (Å²) >= 11 is 0. The van der Waals surface area contributed by atoms with Crippen LogP contribution in [0.3, 0.4) is 0 Å². The molecule has 0 radical (unpaired) electrons. The summed E-state index contributed by atoms with van der Waals surface area (Å²) in [5, 5.41) is 13.8. The Balaban J connectivity index is 1.59. The molecule has 0 fully saturated rings. The first-order chi connectivity index (χ1) is 13.6. The van der Waals surface area contributed by atoms with Gasteiger partial charge in [0.1, 0.15) is 5.75 Å².